The fourth-order valence-corrected chi connectivity index (χ4v) is 4.43. The van der Waals surface area contributed by atoms with E-state index in [1.807, 2.05) is 55.5 Å². The monoisotopic (exact) mass is 476 g/mol. The molecule has 0 aromatic heterocycles. The van der Waals surface area contributed by atoms with E-state index in [1.165, 1.54) is 11.8 Å². The van der Waals surface area contributed by atoms with Gasteiger partial charge in [0, 0.05) is 23.9 Å². The average Bonchev–Trinajstić information content (AvgIpc) is 2.79. The Labute approximate surface area is 200 Å². The van der Waals surface area contributed by atoms with Crippen LogP contribution < -0.4 is 10.1 Å². The smallest absolute Gasteiger partial charge is 0.242 e. The van der Waals surface area contributed by atoms with Crippen LogP contribution in [0.1, 0.15) is 44.2 Å². The number of hydrogen-bond acceptors (Lipinski definition) is 4. The van der Waals surface area contributed by atoms with E-state index in [4.69, 9.17) is 16.3 Å². The van der Waals surface area contributed by atoms with Crippen molar-refractivity contribution in [2.24, 2.45) is 0 Å². The largest absolute Gasteiger partial charge is 0.497 e. The third kappa shape index (κ3) is 8.40. The third-order valence-corrected chi connectivity index (χ3v) is 6.31. The number of hydrogen-bond donors (Lipinski definition) is 1. The molecule has 1 N–H and O–H groups in total. The molecule has 174 valence electrons. The highest BCUT2D eigenvalue weighted by atomic mass is 35.5. The van der Waals surface area contributed by atoms with Gasteiger partial charge in [-0.1, -0.05) is 56.1 Å². The summed E-state index contributed by atoms with van der Waals surface area (Å²) in [7, 11) is 1.62. The van der Waals surface area contributed by atoms with Gasteiger partial charge in [-0.2, -0.15) is 0 Å². The number of amides is 2. The number of carbonyl (C=O) groups is 2. The maximum Gasteiger partial charge on any atom is 0.242 e. The summed E-state index contributed by atoms with van der Waals surface area (Å²) < 4.78 is 5.32. The Balaban J connectivity index is 2.13. The second-order valence-corrected chi connectivity index (χ2v) is 8.99. The van der Waals surface area contributed by atoms with Crippen LogP contribution in [0.25, 0.3) is 0 Å². The van der Waals surface area contributed by atoms with E-state index in [2.05, 4.69) is 12.2 Å². The number of nitrogens with one attached hydrogen (secondary N) is 1. The van der Waals surface area contributed by atoms with E-state index in [0.29, 0.717) is 30.3 Å². The molecule has 0 aliphatic heterocycles. The van der Waals surface area contributed by atoms with Gasteiger partial charge in [0.2, 0.25) is 11.8 Å². The van der Waals surface area contributed by atoms with Gasteiger partial charge in [0.15, 0.2) is 0 Å². The zero-order valence-electron chi connectivity index (χ0n) is 19.1. The predicted octanol–water partition coefficient (Wildman–Crippen LogP) is 5.31. The topological polar surface area (TPSA) is 58.6 Å². The summed E-state index contributed by atoms with van der Waals surface area (Å²) in [4.78, 5) is 27.8. The molecule has 0 saturated carbocycles. The summed E-state index contributed by atoms with van der Waals surface area (Å²) in [6.07, 6.45) is 2.47. The Morgan fingerprint density at radius 3 is 2.56 bits per heavy atom. The number of ether oxygens (including phenoxy) is 1. The SMILES string of the molecule is CCCCNC(=O)[C@@H](CC)N(Cc1cccc(OC)c1)C(=O)CSCc1cccc(Cl)c1. The molecule has 0 unspecified atom stereocenters. The predicted molar refractivity (Wildman–Crippen MR) is 133 cm³/mol. The van der Waals surface area contributed by atoms with Gasteiger partial charge in [0.25, 0.3) is 0 Å². The van der Waals surface area contributed by atoms with Crippen molar-refractivity contribution in [2.45, 2.75) is 51.4 Å². The molecule has 1 atom stereocenters. The molecule has 0 saturated heterocycles. The molecule has 2 rings (SSSR count). The molecule has 32 heavy (non-hydrogen) atoms. The van der Waals surface area contributed by atoms with Crippen LogP contribution in [0.15, 0.2) is 48.5 Å². The zero-order valence-corrected chi connectivity index (χ0v) is 20.7. The highest BCUT2D eigenvalue weighted by molar-refractivity contribution is 7.99. The summed E-state index contributed by atoms with van der Waals surface area (Å²) in [6.45, 7) is 5.00. The minimum absolute atomic E-state index is 0.0580. The summed E-state index contributed by atoms with van der Waals surface area (Å²) in [5, 5.41) is 3.67. The van der Waals surface area contributed by atoms with Crippen molar-refractivity contribution in [1.29, 1.82) is 0 Å². The quantitative estimate of drug-likeness (QED) is 0.398. The van der Waals surface area contributed by atoms with Crippen molar-refractivity contribution in [3.8, 4) is 5.75 Å². The van der Waals surface area contributed by atoms with Crippen molar-refractivity contribution in [2.75, 3.05) is 19.4 Å². The molecule has 0 radical (unpaired) electrons. The van der Waals surface area contributed by atoms with Crippen LogP contribution in [-0.4, -0.2) is 42.2 Å². The average molecular weight is 477 g/mol. The molecule has 0 fully saturated rings. The Morgan fingerprint density at radius 1 is 1.12 bits per heavy atom. The number of thioether (sulfide) groups is 1. The number of halogens is 1. The minimum atomic E-state index is -0.516. The van der Waals surface area contributed by atoms with E-state index >= 15 is 0 Å². The van der Waals surface area contributed by atoms with E-state index in [0.717, 1.165) is 29.7 Å². The van der Waals surface area contributed by atoms with Gasteiger partial charge in [-0.25, -0.2) is 0 Å². The first-order valence-electron chi connectivity index (χ1n) is 11.0. The highest BCUT2D eigenvalue weighted by Crippen LogP contribution is 2.20. The molecule has 0 bridgehead atoms. The first-order chi connectivity index (χ1) is 15.5. The maximum atomic E-state index is 13.3. The van der Waals surface area contributed by atoms with Crippen LogP contribution in [-0.2, 0) is 21.9 Å². The van der Waals surface area contributed by atoms with Gasteiger partial charge >= 0.3 is 0 Å². The number of rotatable bonds is 13. The van der Waals surface area contributed by atoms with Crippen molar-refractivity contribution >= 4 is 35.2 Å². The Kier molecular flexibility index (Phi) is 11.5. The van der Waals surface area contributed by atoms with Crippen LogP contribution in [0.4, 0.5) is 0 Å². The molecule has 2 aromatic carbocycles. The van der Waals surface area contributed by atoms with Gasteiger partial charge in [0.05, 0.1) is 12.9 Å². The normalized spacial score (nSPS) is 11.6. The number of methoxy groups -OCH3 is 1. The van der Waals surface area contributed by atoms with Crippen molar-refractivity contribution in [3.63, 3.8) is 0 Å². The molecular formula is C25H33ClN2O3S. The highest BCUT2D eigenvalue weighted by Gasteiger charge is 2.28. The molecule has 7 heteroatoms. The molecule has 0 spiro atoms. The maximum absolute atomic E-state index is 13.3. The van der Waals surface area contributed by atoms with Crippen LogP contribution in [0, 0.1) is 0 Å². The first-order valence-corrected chi connectivity index (χ1v) is 12.5. The number of benzene rings is 2. The molecule has 2 aromatic rings. The van der Waals surface area contributed by atoms with Gasteiger partial charge in [-0.15, -0.1) is 11.8 Å². The number of carbonyl (C=O) groups excluding carboxylic acids is 2. The van der Waals surface area contributed by atoms with Gasteiger partial charge < -0.3 is 15.0 Å². The molecule has 0 aliphatic carbocycles. The summed E-state index contributed by atoms with van der Waals surface area (Å²) in [5.74, 6) is 1.54. The Morgan fingerprint density at radius 2 is 1.88 bits per heavy atom. The number of unbranched alkanes of at least 4 members (excludes halogenated alkanes) is 1. The summed E-state index contributed by atoms with van der Waals surface area (Å²) >= 11 is 7.58. The van der Waals surface area contributed by atoms with E-state index < -0.39 is 6.04 Å². The van der Waals surface area contributed by atoms with E-state index in [9.17, 15) is 9.59 Å². The second kappa shape index (κ2) is 14.1. The lowest BCUT2D eigenvalue weighted by Crippen LogP contribution is -2.49. The van der Waals surface area contributed by atoms with Crippen molar-refractivity contribution in [3.05, 3.63) is 64.7 Å². The van der Waals surface area contributed by atoms with Gasteiger partial charge in [-0.05, 0) is 48.2 Å². The molecule has 2 amide bonds. The molecule has 0 aliphatic rings. The zero-order chi connectivity index (χ0) is 23.3. The van der Waals surface area contributed by atoms with Crippen LogP contribution in [0.3, 0.4) is 0 Å². The standard InChI is InChI=1S/C25H33ClN2O3S/c1-4-6-13-27-25(30)23(5-2)28(16-19-9-8-12-22(15-19)31-3)24(29)18-32-17-20-10-7-11-21(26)14-20/h7-12,14-15,23H,4-6,13,16-18H2,1-3H3,(H,27,30)/t23-/m1/s1. The van der Waals surface area contributed by atoms with Crippen LogP contribution in [0.5, 0.6) is 5.75 Å². The fourth-order valence-electron chi connectivity index (χ4n) is 3.36. The Bertz CT molecular complexity index is 878. The molecular weight excluding hydrogens is 444 g/mol. The van der Waals surface area contributed by atoms with Gasteiger partial charge in [0.1, 0.15) is 11.8 Å². The van der Waals surface area contributed by atoms with E-state index in [1.54, 1.807) is 12.0 Å². The lowest BCUT2D eigenvalue weighted by Gasteiger charge is -2.30. The third-order valence-electron chi connectivity index (χ3n) is 5.09. The lowest BCUT2D eigenvalue weighted by atomic mass is 10.1. The molecule has 0 heterocycles. The second-order valence-electron chi connectivity index (χ2n) is 7.56. The number of nitrogens with zero attached hydrogens (tertiary/aromatic N) is 1. The van der Waals surface area contributed by atoms with Gasteiger partial charge in [-0.3, -0.25) is 9.59 Å². The lowest BCUT2D eigenvalue weighted by molar-refractivity contribution is -0.139. The summed E-state index contributed by atoms with van der Waals surface area (Å²) in [6, 6.07) is 14.7. The van der Waals surface area contributed by atoms with Crippen LogP contribution in [0.2, 0.25) is 5.02 Å². The minimum Gasteiger partial charge on any atom is -0.497 e. The van der Waals surface area contributed by atoms with Crippen molar-refractivity contribution in [1.82, 2.24) is 10.2 Å². The van der Waals surface area contributed by atoms with Crippen LogP contribution >= 0.6 is 23.4 Å². The first kappa shape index (κ1) is 26.1. The Hall–Kier alpha value is -2.18. The van der Waals surface area contributed by atoms with E-state index in [-0.39, 0.29) is 17.6 Å². The molecule has 5 nitrogen and oxygen atoms in total. The van der Waals surface area contributed by atoms with Crippen molar-refractivity contribution < 1.29 is 14.3 Å². The summed E-state index contributed by atoms with van der Waals surface area (Å²) in [5.41, 5.74) is 2.00. The fraction of sp³-hybridized carbons (Fsp3) is 0.440.